The van der Waals surface area contributed by atoms with Gasteiger partial charge in [0.2, 0.25) is 0 Å². The quantitative estimate of drug-likeness (QED) is 0.700. The zero-order valence-corrected chi connectivity index (χ0v) is 14.6. The molecule has 0 fully saturated rings. The maximum atomic E-state index is 10.1. The second kappa shape index (κ2) is 6.64. The Bertz CT molecular complexity index is 624. The zero-order chi connectivity index (χ0) is 14.7. The van der Waals surface area contributed by atoms with Crippen LogP contribution in [0, 0.1) is 0 Å². The number of phenols is 1. The fraction of sp³-hybridized carbons (Fsp3) is 0.250. The van der Waals surface area contributed by atoms with E-state index in [1.807, 2.05) is 30.3 Å². The smallest absolute Gasteiger partial charge is 0.172 e. The molecule has 0 heterocycles. The van der Waals surface area contributed by atoms with Crippen molar-refractivity contribution >= 4 is 31.9 Å². The van der Waals surface area contributed by atoms with Crippen LogP contribution in [0.25, 0.3) is 0 Å². The summed E-state index contributed by atoms with van der Waals surface area (Å²) in [6.45, 7) is 4.17. The Hall–Kier alpha value is -1.000. The number of phenolic OH excluding ortho intramolecular Hbond substituents is 1. The third-order valence-corrected chi connectivity index (χ3v) is 4.35. The molecule has 106 valence electrons. The standard InChI is InChI=1S/C16H16Br2O2/c1-3-10-5-6-14(12(17)7-10)20-15-9-11(4-2)8-13(18)16(15)19/h5-9,19H,3-4H2,1-2H3. The van der Waals surface area contributed by atoms with Crippen molar-refractivity contribution < 1.29 is 9.84 Å². The number of halogens is 2. The summed E-state index contributed by atoms with van der Waals surface area (Å²) >= 11 is 6.86. The van der Waals surface area contributed by atoms with Crippen molar-refractivity contribution in [1.29, 1.82) is 0 Å². The largest absolute Gasteiger partial charge is 0.503 e. The summed E-state index contributed by atoms with van der Waals surface area (Å²) in [5.74, 6) is 1.27. The lowest BCUT2D eigenvalue weighted by atomic mass is 10.1. The molecule has 0 atom stereocenters. The molecule has 2 aromatic rings. The molecular weight excluding hydrogens is 384 g/mol. The van der Waals surface area contributed by atoms with Gasteiger partial charge < -0.3 is 9.84 Å². The van der Waals surface area contributed by atoms with Crippen molar-refractivity contribution in [2.45, 2.75) is 26.7 Å². The van der Waals surface area contributed by atoms with Crippen molar-refractivity contribution in [3.05, 3.63) is 50.4 Å². The summed E-state index contributed by atoms with van der Waals surface area (Å²) < 4.78 is 7.37. The molecule has 0 unspecified atom stereocenters. The summed E-state index contributed by atoms with van der Waals surface area (Å²) in [7, 11) is 0. The van der Waals surface area contributed by atoms with Gasteiger partial charge in [0.05, 0.1) is 8.95 Å². The highest BCUT2D eigenvalue weighted by atomic mass is 79.9. The van der Waals surface area contributed by atoms with Gasteiger partial charge in [0.25, 0.3) is 0 Å². The second-order valence-corrected chi connectivity index (χ2v) is 6.21. The van der Waals surface area contributed by atoms with Gasteiger partial charge in [0, 0.05) is 0 Å². The molecule has 2 aromatic carbocycles. The minimum Gasteiger partial charge on any atom is -0.503 e. The van der Waals surface area contributed by atoms with Gasteiger partial charge in [0.1, 0.15) is 5.75 Å². The van der Waals surface area contributed by atoms with Crippen LogP contribution in [0.4, 0.5) is 0 Å². The average molecular weight is 400 g/mol. The van der Waals surface area contributed by atoms with E-state index in [1.54, 1.807) is 0 Å². The van der Waals surface area contributed by atoms with Crippen LogP contribution in [-0.2, 0) is 12.8 Å². The Balaban J connectivity index is 2.37. The summed E-state index contributed by atoms with van der Waals surface area (Å²) in [6.07, 6.45) is 1.85. The van der Waals surface area contributed by atoms with Crippen molar-refractivity contribution in [3.8, 4) is 17.2 Å². The van der Waals surface area contributed by atoms with Crippen LogP contribution < -0.4 is 4.74 Å². The first kappa shape index (κ1) is 15.4. The predicted octanol–water partition coefficient (Wildman–Crippen LogP) is 5.83. The molecule has 0 spiro atoms. The number of hydrogen-bond acceptors (Lipinski definition) is 2. The molecule has 0 bridgehead atoms. The van der Waals surface area contributed by atoms with Gasteiger partial charge >= 0.3 is 0 Å². The fourth-order valence-corrected chi connectivity index (χ4v) is 2.87. The lowest BCUT2D eigenvalue weighted by molar-refractivity contribution is 0.407. The first-order valence-corrected chi connectivity index (χ1v) is 8.11. The normalized spacial score (nSPS) is 10.6. The average Bonchev–Trinajstić information content (AvgIpc) is 2.45. The minimum atomic E-state index is 0.119. The SMILES string of the molecule is CCc1ccc(Oc2cc(CC)cc(Br)c2O)c(Br)c1. The van der Waals surface area contributed by atoms with E-state index < -0.39 is 0 Å². The van der Waals surface area contributed by atoms with Crippen molar-refractivity contribution in [2.24, 2.45) is 0 Å². The molecule has 2 nitrogen and oxygen atoms in total. The Morgan fingerprint density at radius 3 is 2.15 bits per heavy atom. The number of hydrogen-bond donors (Lipinski definition) is 1. The maximum absolute atomic E-state index is 10.1. The number of rotatable bonds is 4. The highest BCUT2D eigenvalue weighted by molar-refractivity contribution is 9.10. The molecule has 0 saturated heterocycles. The van der Waals surface area contributed by atoms with E-state index in [2.05, 4.69) is 45.7 Å². The number of aromatic hydroxyl groups is 1. The summed E-state index contributed by atoms with van der Waals surface area (Å²) in [5, 5.41) is 10.1. The van der Waals surface area contributed by atoms with Crippen molar-refractivity contribution in [1.82, 2.24) is 0 Å². The molecule has 0 amide bonds. The molecule has 20 heavy (non-hydrogen) atoms. The van der Waals surface area contributed by atoms with Crippen LogP contribution >= 0.6 is 31.9 Å². The Kier molecular flexibility index (Phi) is 5.11. The van der Waals surface area contributed by atoms with Crippen molar-refractivity contribution in [2.75, 3.05) is 0 Å². The lowest BCUT2D eigenvalue weighted by Gasteiger charge is -2.12. The summed E-state index contributed by atoms with van der Waals surface area (Å²) in [4.78, 5) is 0. The van der Waals surface area contributed by atoms with E-state index in [-0.39, 0.29) is 5.75 Å². The van der Waals surface area contributed by atoms with Gasteiger partial charge in [-0.25, -0.2) is 0 Å². The highest BCUT2D eigenvalue weighted by Crippen LogP contribution is 2.40. The highest BCUT2D eigenvalue weighted by Gasteiger charge is 2.11. The van der Waals surface area contributed by atoms with Gasteiger partial charge in [-0.3, -0.25) is 0 Å². The topological polar surface area (TPSA) is 29.5 Å². The van der Waals surface area contributed by atoms with Crippen LogP contribution in [0.15, 0.2) is 39.3 Å². The lowest BCUT2D eigenvalue weighted by Crippen LogP contribution is -1.91. The molecule has 0 aliphatic rings. The monoisotopic (exact) mass is 398 g/mol. The first-order chi connectivity index (χ1) is 9.55. The molecule has 0 radical (unpaired) electrons. The van der Waals surface area contributed by atoms with E-state index in [9.17, 15) is 5.11 Å². The molecule has 0 aromatic heterocycles. The molecule has 0 aliphatic heterocycles. The van der Waals surface area contributed by atoms with E-state index in [1.165, 1.54) is 5.56 Å². The Labute approximate surface area is 136 Å². The maximum Gasteiger partial charge on any atom is 0.172 e. The predicted molar refractivity (Wildman–Crippen MR) is 88.8 cm³/mol. The Morgan fingerprint density at radius 2 is 1.55 bits per heavy atom. The van der Waals surface area contributed by atoms with Gasteiger partial charge in [-0.15, -0.1) is 0 Å². The first-order valence-electron chi connectivity index (χ1n) is 6.52. The Morgan fingerprint density at radius 1 is 0.900 bits per heavy atom. The molecule has 1 N–H and O–H groups in total. The van der Waals surface area contributed by atoms with E-state index in [0.29, 0.717) is 16.0 Å². The summed E-state index contributed by atoms with van der Waals surface area (Å²) in [5.41, 5.74) is 2.34. The van der Waals surface area contributed by atoms with E-state index in [0.717, 1.165) is 22.9 Å². The fourth-order valence-electron chi connectivity index (χ4n) is 1.87. The van der Waals surface area contributed by atoms with Crippen LogP contribution in [-0.4, -0.2) is 5.11 Å². The van der Waals surface area contributed by atoms with Gasteiger partial charge in [-0.2, -0.15) is 0 Å². The molecule has 0 aliphatic carbocycles. The van der Waals surface area contributed by atoms with Crippen LogP contribution in [0.2, 0.25) is 0 Å². The summed E-state index contributed by atoms with van der Waals surface area (Å²) in [6, 6.07) is 9.73. The zero-order valence-electron chi connectivity index (χ0n) is 11.4. The third-order valence-electron chi connectivity index (χ3n) is 3.12. The van der Waals surface area contributed by atoms with Gasteiger partial charge in [-0.05, 0) is 80.1 Å². The van der Waals surface area contributed by atoms with Gasteiger partial charge in [0.15, 0.2) is 11.5 Å². The number of benzene rings is 2. The third kappa shape index (κ3) is 3.36. The molecule has 2 rings (SSSR count). The molecule has 0 saturated carbocycles. The molecule has 4 heteroatoms. The van der Waals surface area contributed by atoms with Crippen LogP contribution in [0.1, 0.15) is 25.0 Å². The number of aryl methyl sites for hydroxylation is 2. The second-order valence-electron chi connectivity index (χ2n) is 4.50. The van der Waals surface area contributed by atoms with Crippen LogP contribution in [0.3, 0.4) is 0 Å². The van der Waals surface area contributed by atoms with E-state index in [4.69, 9.17) is 4.74 Å². The van der Waals surface area contributed by atoms with E-state index >= 15 is 0 Å². The van der Waals surface area contributed by atoms with Crippen LogP contribution in [0.5, 0.6) is 17.2 Å². The minimum absolute atomic E-state index is 0.119. The van der Waals surface area contributed by atoms with Gasteiger partial charge in [-0.1, -0.05) is 19.9 Å². The molecular formula is C16H16Br2O2. The number of ether oxygens (including phenoxy) is 1. The van der Waals surface area contributed by atoms with Crippen molar-refractivity contribution in [3.63, 3.8) is 0 Å².